The highest BCUT2D eigenvalue weighted by Crippen LogP contribution is 2.19. The summed E-state index contributed by atoms with van der Waals surface area (Å²) in [5.74, 6) is 0.324. The maximum absolute atomic E-state index is 12.9. The quantitative estimate of drug-likeness (QED) is 0.743. The second-order valence-corrected chi connectivity index (χ2v) is 2.50. The Kier molecular flexibility index (Phi) is 3.05. The van der Waals surface area contributed by atoms with Gasteiger partial charge in [0.15, 0.2) is 0 Å². The molecule has 0 saturated carbocycles. The summed E-state index contributed by atoms with van der Waals surface area (Å²) in [7, 11) is 0. The van der Waals surface area contributed by atoms with Crippen molar-refractivity contribution < 1.29 is 9.13 Å². The number of hydrogen-bond donors (Lipinski definition) is 1. The van der Waals surface area contributed by atoms with Crippen molar-refractivity contribution in [2.75, 3.05) is 13.2 Å². The van der Waals surface area contributed by atoms with Gasteiger partial charge in [-0.1, -0.05) is 6.07 Å². The summed E-state index contributed by atoms with van der Waals surface area (Å²) in [6.45, 7) is 2.54. The van der Waals surface area contributed by atoms with E-state index >= 15 is 0 Å². The Morgan fingerprint density at radius 2 is 2.25 bits per heavy atom. The molecule has 1 rings (SSSR count). The molecule has 0 heterocycles. The van der Waals surface area contributed by atoms with Crippen LogP contribution in [0.5, 0.6) is 5.75 Å². The van der Waals surface area contributed by atoms with Crippen molar-refractivity contribution in [3.63, 3.8) is 0 Å². The molecule has 0 aliphatic heterocycles. The van der Waals surface area contributed by atoms with E-state index < -0.39 is 0 Å². The van der Waals surface area contributed by atoms with Crippen LogP contribution in [0.1, 0.15) is 5.56 Å². The van der Waals surface area contributed by atoms with Crippen molar-refractivity contribution >= 4 is 0 Å². The second kappa shape index (κ2) is 4.07. The molecule has 0 aliphatic carbocycles. The zero-order valence-electron chi connectivity index (χ0n) is 7.01. The Balaban J connectivity index is 2.78. The fourth-order valence-electron chi connectivity index (χ4n) is 0.913. The van der Waals surface area contributed by atoms with Crippen LogP contribution >= 0.6 is 0 Å². The lowest BCUT2D eigenvalue weighted by molar-refractivity contribution is 0.324. The van der Waals surface area contributed by atoms with Crippen LogP contribution in [0.4, 0.5) is 4.39 Å². The van der Waals surface area contributed by atoms with Gasteiger partial charge in [0, 0.05) is 12.1 Å². The van der Waals surface area contributed by atoms with E-state index in [9.17, 15) is 4.39 Å². The third kappa shape index (κ3) is 1.95. The molecule has 0 radical (unpaired) electrons. The first-order chi connectivity index (χ1) is 5.75. The average Bonchev–Trinajstić information content (AvgIpc) is 2.08. The van der Waals surface area contributed by atoms with Gasteiger partial charge in [-0.2, -0.15) is 0 Å². The molecule has 0 saturated heterocycles. The van der Waals surface area contributed by atoms with E-state index in [2.05, 4.69) is 0 Å². The molecule has 1 aromatic rings. The molecule has 1 aromatic carbocycles. The van der Waals surface area contributed by atoms with Crippen molar-refractivity contribution in [3.05, 3.63) is 29.6 Å². The van der Waals surface area contributed by atoms with Gasteiger partial charge < -0.3 is 10.5 Å². The summed E-state index contributed by atoms with van der Waals surface area (Å²) in [5, 5.41) is 0. The lowest BCUT2D eigenvalue weighted by Gasteiger charge is -2.07. The van der Waals surface area contributed by atoms with Crippen LogP contribution in [0.2, 0.25) is 0 Å². The van der Waals surface area contributed by atoms with Crippen molar-refractivity contribution in [3.8, 4) is 5.75 Å². The van der Waals surface area contributed by atoms with E-state index in [4.69, 9.17) is 10.5 Å². The van der Waals surface area contributed by atoms with Crippen LogP contribution in [0, 0.1) is 12.7 Å². The Morgan fingerprint density at radius 3 is 2.92 bits per heavy atom. The SMILES string of the molecule is Cc1c(F)cccc1OCCN. The van der Waals surface area contributed by atoms with Gasteiger partial charge in [-0.25, -0.2) is 4.39 Å². The van der Waals surface area contributed by atoms with E-state index in [-0.39, 0.29) is 5.82 Å². The first-order valence-corrected chi connectivity index (χ1v) is 3.83. The normalized spacial score (nSPS) is 9.92. The molecule has 66 valence electrons. The predicted octanol–water partition coefficient (Wildman–Crippen LogP) is 1.47. The van der Waals surface area contributed by atoms with Crippen molar-refractivity contribution in [1.82, 2.24) is 0 Å². The number of hydrogen-bond acceptors (Lipinski definition) is 2. The molecule has 0 atom stereocenters. The first kappa shape index (κ1) is 9.00. The Hall–Kier alpha value is -1.09. The predicted molar refractivity (Wildman–Crippen MR) is 45.7 cm³/mol. The van der Waals surface area contributed by atoms with Crippen molar-refractivity contribution in [2.45, 2.75) is 6.92 Å². The molecular weight excluding hydrogens is 157 g/mol. The lowest BCUT2D eigenvalue weighted by atomic mass is 10.2. The van der Waals surface area contributed by atoms with Crippen LogP contribution in [0.25, 0.3) is 0 Å². The molecule has 2 nitrogen and oxygen atoms in total. The molecular formula is C9H12FNO. The summed E-state index contributed by atoms with van der Waals surface area (Å²) in [5.41, 5.74) is 5.78. The van der Waals surface area contributed by atoms with Gasteiger partial charge in [-0.3, -0.25) is 0 Å². The summed E-state index contributed by atoms with van der Waals surface area (Å²) >= 11 is 0. The minimum Gasteiger partial charge on any atom is -0.492 e. The number of halogens is 1. The highest BCUT2D eigenvalue weighted by atomic mass is 19.1. The number of rotatable bonds is 3. The van der Waals surface area contributed by atoms with Crippen LogP contribution in [0.3, 0.4) is 0 Å². The molecule has 0 amide bonds. The standard InChI is InChI=1S/C9H12FNO/c1-7-8(10)3-2-4-9(7)12-6-5-11/h2-4H,5-6,11H2,1H3. The largest absolute Gasteiger partial charge is 0.492 e. The zero-order chi connectivity index (χ0) is 8.97. The summed E-state index contributed by atoms with van der Waals surface area (Å²) in [4.78, 5) is 0. The van der Waals surface area contributed by atoms with Crippen LogP contribution in [0.15, 0.2) is 18.2 Å². The van der Waals surface area contributed by atoms with E-state index in [1.807, 2.05) is 0 Å². The van der Waals surface area contributed by atoms with Crippen LogP contribution in [-0.4, -0.2) is 13.2 Å². The Labute approximate surface area is 71.1 Å². The van der Waals surface area contributed by atoms with Gasteiger partial charge in [-0.05, 0) is 19.1 Å². The summed E-state index contributed by atoms with van der Waals surface area (Å²) < 4.78 is 18.1. The monoisotopic (exact) mass is 169 g/mol. The molecule has 3 heteroatoms. The van der Waals surface area contributed by atoms with Gasteiger partial charge in [-0.15, -0.1) is 0 Å². The minimum absolute atomic E-state index is 0.246. The topological polar surface area (TPSA) is 35.2 Å². The molecule has 12 heavy (non-hydrogen) atoms. The molecule has 0 unspecified atom stereocenters. The molecule has 0 bridgehead atoms. The van der Waals surface area contributed by atoms with Gasteiger partial charge in [0.25, 0.3) is 0 Å². The van der Waals surface area contributed by atoms with Gasteiger partial charge in [0.2, 0.25) is 0 Å². The third-order valence-corrected chi connectivity index (χ3v) is 1.59. The fraction of sp³-hybridized carbons (Fsp3) is 0.333. The first-order valence-electron chi connectivity index (χ1n) is 3.83. The van der Waals surface area contributed by atoms with E-state index in [0.717, 1.165) is 0 Å². The van der Waals surface area contributed by atoms with Crippen molar-refractivity contribution in [2.24, 2.45) is 5.73 Å². The van der Waals surface area contributed by atoms with E-state index in [1.54, 1.807) is 19.1 Å². The smallest absolute Gasteiger partial charge is 0.129 e. The number of nitrogens with two attached hydrogens (primary N) is 1. The summed E-state index contributed by atoms with van der Waals surface area (Å²) in [6.07, 6.45) is 0. The lowest BCUT2D eigenvalue weighted by Crippen LogP contribution is -2.11. The second-order valence-electron chi connectivity index (χ2n) is 2.50. The number of ether oxygens (including phenoxy) is 1. The van der Waals surface area contributed by atoms with Crippen LogP contribution < -0.4 is 10.5 Å². The van der Waals surface area contributed by atoms with Gasteiger partial charge >= 0.3 is 0 Å². The Morgan fingerprint density at radius 1 is 1.50 bits per heavy atom. The van der Waals surface area contributed by atoms with E-state index in [1.165, 1.54) is 6.07 Å². The molecule has 0 aliphatic rings. The van der Waals surface area contributed by atoms with Crippen LogP contribution in [-0.2, 0) is 0 Å². The fourth-order valence-corrected chi connectivity index (χ4v) is 0.913. The molecule has 2 N–H and O–H groups in total. The number of benzene rings is 1. The van der Waals surface area contributed by atoms with Crippen molar-refractivity contribution in [1.29, 1.82) is 0 Å². The van der Waals surface area contributed by atoms with Gasteiger partial charge in [0.1, 0.15) is 18.2 Å². The molecule has 0 spiro atoms. The average molecular weight is 169 g/mol. The molecule has 0 aromatic heterocycles. The highest BCUT2D eigenvalue weighted by Gasteiger charge is 2.02. The summed E-state index contributed by atoms with van der Waals surface area (Å²) in [6, 6.07) is 4.76. The molecule has 0 fully saturated rings. The minimum atomic E-state index is -0.246. The zero-order valence-corrected chi connectivity index (χ0v) is 7.01. The van der Waals surface area contributed by atoms with E-state index in [0.29, 0.717) is 24.5 Å². The Bertz CT molecular complexity index is 263. The third-order valence-electron chi connectivity index (χ3n) is 1.59. The maximum Gasteiger partial charge on any atom is 0.129 e. The maximum atomic E-state index is 12.9. The highest BCUT2D eigenvalue weighted by molar-refractivity contribution is 5.33. The van der Waals surface area contributed by atoms with Gasteiger partial charge in [0.05, 0.1) is 0 Å².